The molecule has 3 heteroatoms. The van der Waals surface area contributed by atoms with Crippen LogP contribution in [0.15, 0.2) is 42.5 Å². The van der Waals surface area contributed by atoms with Crippen molar-refractivity contribution >= 4 is 11.6 Å². The van der Waals surface area contributed by atoms with Gasteiger partial charge in [0.2, 0.25) is 0 Å². The molecule has 1 aliphatic carbocycles. The molecule has 2 nitrogen and oxygen atoms in total. The van der Waals surface area contributed by atoms with Gasteiger partial charge in [-0.2, -0.15) is 0 Å². The van der Waals surface area contributed by atoms with Crippen molar-refractivity contribution in [1.29, 1.82) is 0 Å². The molecule has 0 amide bonds. The van der Waals surface area contributed by atoms with E-state index in [2.05, 4.69) is 24.3 Å². The van der Waals surface area contributed by atoms with Gasteiger partial charge >= 0.3 is 0 Å². The topological polar surface area (TPSA) is 35.2 Å². The van der Waals surface area contributed by atoms with Gasteiger partial charge in [0.1, 0.15) is 5.75 Å². The van der Waals surface area contributed by atoms with Gasteiger partial charge in [0.05, 0.1) is 12.1 Å². The first-order chi connectivity index (χ1) is 9.20. The number of hydrogen-bond acceptors (Lipinski definition) is 2. The molecule has 1 aliphatic rings. The Balaban J connectivity index is 1.88. The Morgan fingerprint density at radius 2 is 2.05 bits per heavy atom. The zero-order chi connectivity index (χ0) is 13.4. The number of halogens is 1. The highest BCUT2D eigenvalue weighted by molar-refractivity contribution is 6.32. The van der Waals surface area contributed by atoms with Gasteiger partial charge in [-0.3, -0.25) is 0 Å². The molecule has 2 aromatic rings. The molecule has 2 N–H and O–H groups in total. The summed E-state index contributed by atoms with van der Waals surface area (Å²) in [5.74, 6) is 1.07. The maximum atomic E-state index is 6.39. The molecule has 0 fully saturated rings. The van der Waals surface area contributed by atoms with E-state index in [0.717, 1.165) is 12.0 Å². The molecule has 2 unspecified atom stereocenters. The van der Waals surface area contributed by atoms with Crippen LogP contribution in [-0.4, -0.2) is 7.11 Å². The second kappa shape index (κ2) is 4.87. The normalized spacial score (nSPS) is 18.4. The van der Waals surface area contributed by atoms with Crippen LogP contribution < -0.4 is 10.5 Å². The van der Waals surface area contributed by atoms with Crippen molar-refractivity contribution in [1.82, 2.24) is 0 Å². The molecule has 19 heavy (non-hydrogen) atoms. The molecular weight excluding hydrogens is 258 g/mol. The summed E-state index contributed by atoms with van der Waals surface area (Å²) in [6.45, 7) is 0. The third kappa shape index (κ3) is 2.11. The summed E-state index contributed by atoms with van der Waals surface area (Å²) in [4.78, 5) is 0. The third-order valence-electron chi connectivity index (χ3n) is 3.89. The van der Waals surface area contributed by atoms with Crippen molar-refractivity contribution in [2.45, 2.75) is 18.4 Å². The van der Waals surface area contributed by atoms with Crippen molar-refractivity contribution < 1.29 is 4.74 Å². The predicted octanol–water partition coefficient (Wildman–Crippen LogP) is 3.69. The zero-order valence-electron chi connectivity index (χ0n) is 10.8. The van der Waals surface area contributed by atoms with E-state index < -0.39 is 0 Å². The summed E-state index contributed by atoms with van der Waals surface area (Å²) in [6, 6.07) is 14.2. The highest BCUT2D eigenvalue weighted by atomic mass is 35.5. The average molecular weight is 274 g/mol. The van der Waals surface area contributed by atoms with Gasteiger partial charge in [-0.25, -0.2) is 0 Å². The number of methoxy groups -OCH3 is 1. The van der Waals surface area contributed by atoms with Crippen LogP contribution in [0.5, 0.6) is 5.75 Å². The van der Waals surface area contributed by atoms with Crippen LogP contribution in [0.4, 0.5) is 0 Å². The summed E-state index contributed by atoms with van der Waals surface area (Å²) in [5, 5.41) is 0.618. The first-order valence-corrected chi connectivity index (χ1v) is 6.75. The molecule has 0 bridgehead atoms. The Hall–Kier alpha value is -1.51. The summed E-state index contributed by atoms with van der Waals surface area (Å²) >= 11 is 6.04. The van der Waals surface area contributed by atoms with E-state index in [1.54, 1.807) is 7.11 Å². The second-order valence-electron chi connectivity index (χ2n) is 4.93. The van der Waals surface area contributed by atoms with E-state index >= 15 is 0 Å². The first-order valence-electron chi connectivity index (χ1n) is 6.37. The summed E-state index contributed by atoms with van der Waals surface area (Å²) in [6.07, 6.45) is 1.04. The van der Waals surface area contributed by atoms with Gasteiger partial charge < -0.3 is 10.5 Å². The van der Waals surface area contributed by atoms with E-state index in [-0.39, 0.29) is 6.04 Å². The minimum Gasteiger partial charge on any atom is -0.495 e. The fourth-order valence-electron chi connectivity index (χ4n) is 2.73. The molecule has 0 saturated carbocycles. The minimum absolute atomic E-state index is 0.0129. The van der Waals surface area contributed by atoms with Gasteiger partial charge in [-0.15, -0.1) is 0 Å². The minimum atomic E-state index is -0.0129. The smallest absolute Gasteiger partial charge is 0.137 e. The third-order valence-corrected chi connectivity index (χ3v) is 4.20. The van der Waals surface area contributed by atoms with Gasteiger partial charge in [0.25, 0.3) is 0 Å². The number of fused-ring (bicyclic) bond motifs is 1. The number of nitrogens with two attached hydrogens (primary N) is 1. The van der Waals surface area contributed by atoms with Crippen molar-refractivity contribution in [3.63, 3.8) is 0 Å². The van der Waals surface area contributed by atoms with Crippen molar-refractivity contribution in [2.75, 3.05) is 7.11 Å². The van der Waals surface area contributed by atoms with E-state index in [9.17, 15) is 0 Å². The van der Waals surface area contributed by atoms with Crippen molar-refractivity contribution in [3.8, 4) is 5.75 Å². The number of hydrogen-bond donors (Lipinski definition) is 1. The summed E-state index contributed by atoms with van der Waals surface area (Å²) < 4.78 is 5.25. The molecule has 0 aliphatic heterocycles. The standard InChI is InChI=1S/C16H16ClNO/c1-19-15-9-11(6-7-14(15)17)16(18)13-8-10-4-2-3-5-12(10)13/h2-7,9,13,16H,8,18H2,1H3. The Bertz CT molecular complexity index is 611. The predicted molar refractivity (Wildman–Crippen MR) is 77.8 cm³/mol. The highest BCUT2D eigenvalue weighted by Gasteiger charge is 2.31. The fourth-order valence-corrected chi connectivity index (χ4v) is 2.93. The number of benzene rings is 2. The molecule has 98 valence electrons. The Morgan fingerprint density at radius 3 is 2.79 bits per heavy atom. The van der Waals surface area contributed by atoms with Crippen LogP contribution in [0.2, 0.25) is 5.02 Å². The lowest BCUT2D eigenvalue weighted by Gasteiger charge is -2.35. The molecule has 0 radical (unpaired) electrons. The molecule has 3 rings (SSSR count). The van der Waals surface area contributed by atoms with Crippen LogP contribution in [-0.2, 0) is 6.42 Å². The van der Waals surface area contributed by atoms with E-state index in [1.807, 2.05) is 18.2 Å². The largest absolute Gasteiger partial charge is 0.495 e. The number of rotatable bonds is 3. The van der Waals surface area contributed by atoms with E-state index in [0.29, 0.717) is 16.7 Å². The molecular formula is C16H16ClNO. The van der Waals surface area contributed by atoms with Crippen molar-refractivity contribution in [3.05, 3.63) is 64.2 Å². The summed E-state index contributed by atoms with van der Waals surface area (Å²) in [7, 11) is 1.62. The monoisotopic (exact) mass is 273 g/mol. The second-order valence-corrected chi connectivity index (χ2v) is 5.34. The quantitative estimate of drug-likeness (QED) is 0.926. The van der Waals surface area contributed by atoms with Crippen LogP contribution in [0.25, 0.3) is 0 Å². The molecule has 2 aromatic carbocycles. The highest BCUT2D eigenvalue weighted by Crippen LogP contribution is 2.43. The van der Waals surface area contributed by atoms with Crippen molar-refractivity contribution in [2.24, 2.45) is 5.73 Å². The lowest BCUT2D eigenvalue weighted by Crippen LogP contribution is -2.28. The molecule has 0 heterocycles. The van der Waals surface area contributed by atoms with Gasteiger partial charge in [-0.1, -0.05) is 41.9 Å². The van der Waals surface area contributed by atoms with E-state index in [4.69, 9.17) is 22.1 Å². The lowest BCUT2D eigenvalue weighted by atomic mass is 9.72. The van der Waals surface area contributed by atoms with Crippen LogP contribution in [0.3, 0.4) is 0 Å². The maximum absolute atomic E-state index is 6.39. The molecule has 0 aromatic heterocycles. The zero-order valence-corrected chi connectivity index (χ0v) is 11.5. The van der Waals surface area contributed by atoms with Crippen LogP contribution in [0, 0.1) is 0 Å². The first kappa shape index (κ1) is 12.5. The van der Waals surface area contributed by atoms with Gasteiger partial charge in [0.15, 0.2) is 0 Å². The lowest BCUT2D eigenvalue weighted by molar-refractivity contribution is 0.412. The Morgan fingerprint density at radius 1 is 1.26 bits per heavy atom. The van der Waals surface area contributed by atoms with Gasteiger partial charge in [-0.05, 0) is 35.2 Å². The molecule has 0 saturated heterocycles. The van der Waals surface area contributed by atoms with Crippen LogP contribution in [0.1, 0.15) is 28.7 Å². The Kier molecular flexibility index (Phi) is 3.21. The SMILES string of the molecule is COc1cc(C(N)C2Cc3ccccc32)ccc1Cl. The van der Waals surface area contributed by atoms with E-state index in [1.165, 1.54) is 11.1 Å². The number of ether oxygens (including phenoxy) is 1. The molecule has 0 spiro atoms. The van der Waals surface area contributed by atoms with Crippen LogP contribution >= 0.6 is 11.6 Å². The maximum Gasteiger partial charge on any atom is 0.137 e. The van der Waals surface area contributed by atoms with Gasteiger partial charge in [0, 0.05) is 12.0 Å². The Labute approximate surface area is 118 Å². The summed E-state index contributed by atoms with van der Waals surface area (Å²) in [5.41, 5.74) is 10.2. The fraction of sp³-hybridized carbons (Fsp3) is 0.250. The molecule has 2 atom stereocenters. The average Bonchev–Trinajstić information content (AvgIpc) is 2.40.